The molecule has 1 fully saturated rings. The first-order valence-corrected chi connectivity index (χ1v) is 16.0. The van der Waals surface area contributed by atoms with Crippen molar-refractivity contribution in [1.29, 1.82) is 0 Å². The number of hydrogen-bond acceptors (Lipinski definition) is 5. The molecule has 0 aromatic heterocycles. The molecule has 7 heteroatoms. The van der Waals surface area contributed by atoms with E-state index in [4.69, 9.17) is 9.47 Å². The lowest BCUT2D eigenvalue weighted by molar-refractivity contribution is 0.0466. The number of nitrogens with zero attached hydrogens (tertiary/aromatic N) is 2. The van der Waals surface area contributed by atoms with E-state index in [9.17, 15) is 9.59 Å². The van der Waals surface area contributed by atoms with Crippen molar-refractivity contribution in [2.75, 3.05) is 32.8 Å². The number of carbonyl (C=O) groups excluding carboxylic acids is 2. The minimum Gasteiger partial charge on any atom is -0.448 e. The highest BCUT2D eigenvalue weighted by Crippen LogP contribution is 2.44. The third-order valence-electron chi connectivity index (χ3n) is 8.75. The normalized spacial score (nSPS) is 16.2. The van der Waals surface area contributed by atoms with Crippen LogP contribution in [0, 0.1) is 5.92 Å². The monoisotopic (exact) mass is 597 g/mol. The fraction of sp³-hybridized carbons (Fsp3) is 0.459. The van der Waals surface area contributed by atoms with Gasteiger partial charge in [0, 0.05) is 25.0 Å². The number of nitrogens with one attached hydrogen (secondary N) is 1. The minimum absolute atomic E-state index is 0.0210. The molecule has 0 unspecified atom stereocenters. The number of hydrogen-bond donors (Lipinski definition) is 1. The van der Waals surface area contributed by atoms with Crippen LogP contribution in [0.25, 0.3) is 11.1 Å². The predicted molar refractivity (Wildman–Crippen MR) is 175 cm³/mol. The lowest BCUT2D eigenvalue weighted by Gasteiger charge is -2.37. The van der Waals surface area contributed by atoms with Crippen molar-refractivity contribution in [1.82, 2.24) is 15.1 Å². The van der Waals surface area contributed by atoms with Gasteiger partial charge in [-0.15, -0.1) is 0 Å². The van der Waals surface area contributed by atoms with Gasteiger partial charge in [0.2, 0.25) is 0 Å². The highest BCUT2D eigenvalue weighted by molar-refractivity contribution is 5.79. The Balaban J connectivity index is 1.36. The SMILES string of the molecule is CC(C)N1CCC(CN(C[C@H](NC(=O)OC(C)(C)C)c2ccccc2)C(=O)OCC2c3ccccc3-c3ccccc32)CC1. The Bertz CT molecular complexity index is 1360. The zero-order chi connectivity index (χ0) is 31.3. The van der Waals surface area contributed by atoms with E-state index in [1.165, 1.54) is 22.3 Å². The molecule has 0 bridgehead atoms. The Morgan fingerprint density at radius 2 is 1.45 bits per heavy atom. The second-order valence-corrected chi connectivity index (χ2v) is 13.4. The lowest BCUT2D eigenvalue weighted by Crippen LogP contribution is -2.46. The molecule has 1 saturated heterocycles. The summed E-state index contributed by atoms with van der Waals surface area (Å²) in [6.45, 7) is 13.1. The number of ether oxygens (including phenoxy) is 2. The summed E-state index contributed by atoms with van der Waals surface area (Å²) < 4.78 is 11.8. The van der Waals surface area contributed by atoms with Crippen LogP contribution >= 0.6 is 0 Å². The third kappa shape index (κ3) is 7.81. The molecular weight excluding hydrogens is 550 g/mol. The molecule has 0 radical (unpaired) electrons. The van der Waals surface area contributed by atoms with Crippen LogP contribution < -0.4 is 5.32 Å². The van der Waals surface area contributed by atoms with Crippen molar-refractivity contribution >= 4 is 12.2 Å². The molecule has 1 atom stereocenters. The summed E-state index contributed by atoms with van der Waals surface area (Å²) in [6.07, 6.45) is 1.16. The molecule has 1 N–H and O–H groups in total. The Morgan fingerprint density at radius 1 is 0.886 bits per heavy atom. The molecule has 234 valence electrons. The van der Waals surface area contributed by atoms with Crippen molar-refractivity contribution in [3.8, 4) is 11.1 Å². The first-order valence-electron chi connectivity index (χ1n) is 16.0. The van der Waals surface area contributed by atoms with E-state index in [-0.39, 0.29) is 25.2 Å². The maximum atomic E-state index is 14.0. The van der Waals surface area contributed by atoms with Gasteiger partial charge in [0.25, 0.3) is 0 Å². The summed E-state index contributed by atoms with van der Waals surface area (Å²) in [7, 11) is 0. The molecule has 0 saturated carbocycles. The molecule has 3 aromatic rings. The van der Waals surface area contributed by atoms with E-state index >= 15 is 0 Å². The number of fused-ring (bicyclic) bond motifs is 3. The summed E-state index contributed by atoms with van der Waals surface area (Å²) >= 11 is 0. The number of piperidine rings is 1. The fourth-order valence-corrected chi connectivity index (χ4v) is 6.46. The summed E-state index contributed by atoms with van der Waals surface area (Å²) in [4.78, 5) is 31.2. The molecular formula is C37H47N3O4. The number of amides is 2. The van der Waals surface area contributed by atoms with Crippen molar-refractivity contribution in [2.24, 2.45) is 5.92 Å². The molecule has 1 aliphatic carbocycles. The molecule has 1 aliphatic heterocycles. The third-order valence-corrected chi connectivity index (χ3v) is 8.75. The number of likely N-dealkylation sites (tertiary alicyclic amines) is 1. The van der Waals surface area contributed by atoms with Gasteiger partial charge >= 0.3 is 12.2 Å². The van der Waals surface area contributed by atoms with E-state index in [1.54, 1.807) is 4.90 Å². The van der Waals surface area contributed by atoms with Crippen molar-refractivity contribution in [3.05, 3.63) is 95.6 Å². The Morgan fingerprint density at radius 3 is 2.02 bits per heavy atom. The molecule has 0 spiro atoms. The van der Waals surface area contributed by atoms with Crippen LogP contribution in [0.1, 0.15) is 76.1 Å². The number of rotatable bonds is 9. The molecule has 44 heavy (non-hydrogen) atoms. The van der Waals surface area contributed by atoms with Crippen LogP contribution in [0.4, 0.5) is 9.59 Å². The standard InChI is InChI=1S/C37H47N3O4/c1-26(2)39-21-19-27(20-22-39)23-40(24-34(28-13-7-6-8-14-28)38-35(41)44-37(3,4)5)36(42)43-25-33-31-17-11-9-15-29(31)30-16-10-12-18-32(30)33/h6-18,26-27,33-34H,19-25H2,1-5H3,(H,38,41)/t34-/m0/s1. The molecule has 3 aromatic carbocycles. The zero-order valence-corrected chi connectivity index (χ0v) is 26.8. The Hall–Kier alpha value is -3.84. The summed E-state index contributed by atoms with van der Waals surface area (Å²) in [6, 6.07) is 26.6. The highest BCUT2D eigenvalue weighted by atomic mass is 16.6. The topological polar surface area (TPSA) is 71.1 Å². The van der Waals surface area contributed by atoms with Crippen LogP contribution in [0.15, 0.2) is 78.9 Å². The number of alkyl carbamates (subject to hydrolysis) is 1. The van der Waals surface area contributed by atoms with E-state index < -0.39 is 17.7 Å². The van der Waals surface area contributed by atoms with Crippen molar-refractivity contribution in [2.45, 2.75) is 71.1 Å². The van der Waals surface area contributed by atoms with Crippen LogP contribution in [0.3, 0.4) is 0 Å². The van der Waals surface area contributed by atoms with E-state index in [0.717, 1.165) is 31.5 Å². The fourth-order valence-electron chi connectivity index (χ4n) is 6.46. The maximum Gasteiger partial charge on any atom is 0.409 e. The quantitative estimate of drug-likeness (QED) is 0.275. The van der Waals surface area contributed by atoms with Crippen molar-refractivity contribution in [3.63, 3.8) is 0 Å². The maximum absolute atomic E-state index is 14.0. The highest BCUT2D eigenvalue weighted by Gasteiger charge is 2.32. The van der Waals surface area contributed by atoms with E-state index in [1.807, 2.05) is 63.2 Å². The molecule has 7 nitrogen and oxygen atoms in total. The van der Waals surface area contributed by atoms with Gasteiger partial charge in [0.15, 0.2) is 0 Å². The van der Waals surface area contributed by atoms with E-state index in [0.29, 0.717) is 18.5 Å². The lowest BCUT2D eigenvalue weighted by atomic mass is 9.95. The van der Waals surface area contributed by atoms with Gasteiger partial charge in [-0.3, -0.25) is 0 Å². The molecule has 2 amide bonds. The number of carbonyl (C=O) groups is 2. The summed E-state index contributed by atoms with van der Waals surface area (Å²) in [5.41, 5.74) is 5.03. The molecule has 5 rings (SSSR count). The average molecular weight is 598 g/mol. The van der Waals surface area contributed by atoms with Crippen LogP contribution in [0.2, 0.25) is 0 Å². The van der Waals surface area contributed by atoms with Crippen LogP contribution in [-0.4, -0.2) is 66.4 Å². The van der Waals surface area contributed by atoms with Gasteiger partial charge in [-0.1, -0.05) is 78.9 Å². The second-order valence-electron chi connectivity index (χ2n) is 13.4. The van der Waals surface area contributed by atoms with Gasteiger partial charge < -0.3 is 24.6 Å². The average Bonchev–Trinajstić information content (AvgIpc) is 3.32. The van der Waals surface area contributed by atoms with Crippen LogP contribution in [-0.2, 0) is 9.47 Å². The largest absolute Gasteiger partial charge is 0.448 e. The van der Waals surface area contributed by atoms with Gasteiger partial charge in [0.1, 0.15) is 12.2 Å². The Kier molecular flexibility index (Phi) is 9.94. The first kappa shape index (κ1) is 31.6. The van der Waals surface area contributed by atoms with Gasteiger partial charge in [-0.2, -0.15) is 0 Å². The van der Waals surface area contributed by atoms with Gasteiger partial charge in [-0.25, -0.2) is 9.59 Å². The second kappa shape index (κ2) is 13.9. The molecule has 2 aliphatic rings. The van der Waals surface area contributed by atoms with Crippen molar-refractivity contribution < 1.29 is 19.1 Å². The zero-order valence-electron chi connectivity index (χ0n) is 26.8. The van der Waals surface area contributed by atoms with E-state index in [2.05, 4.69) is 60.5 Å². The number of benzene rings is 3. The summed E-state index contributed by atoms with van der Waals surface area (Å²) in [5, 5.41) is 3.04. The molecule has 1 heterocycles. The smallest absolute Gasteiger partial charge is 0.409 e. The van der Waals surface area contributed by atoms with Crippen LogP contribution in [0.5, 0.6) is 0 Å². The summed E-state index contributed by atoms with van der Waals surface area (Å²) in [5.74, 6) is 0.329. The van der Waals surface area contributed by atoms with Gasteiger partial charge in [0.05, 0.1) is 6.04 Å². The minimum atomic E-state index is -0.637. The predicted octanol–water partition coefficient (Wildman–Crippen LogP) is 7.62. The Labute approximate surface area is 262 Å². The van der Waals surface area contributed by atoms with Gasteiger partial charge in [-0.05, 0) is 94.3 Å². The first-order chi connectivity index (χ1) is 21.1.